The first kappa shape index (κ1) is 18.5. The number of halogens is 1. The summed E-state index contributed by atoms with van der Waals surface area (Å²) in [6, 6.07) is 6.88. The average molecular weight is 381 g/mol. The van der Waals surface area contributed by atoms with E-state index in [1.54, 1.807) is 42.2 Å². The molecule has 3 rings (SSSR count). The van der Waals surface area contributed by atoms with Crippen molar-refractivity contribution in [1.82, 2.24) is 9.55 Å². The summed E-state index contributed by atoms with van der Waals surface area (Å²) in [4.78, 5) is 16.9. The minimum Gasteiger partial charge on any atom is -0.353 e. The van der Waals surface area contributed by atoms with E-state index in [4.69, 9.17) is 21.1 Å². The smallest absolute Gasteiger partial charge is 0.211 e. The van der Waals surface area contributed by atoms with Gasteiger partial charge in [0.05, 0.1) is 12.8 Å². The molecule has 1 aliphatic heterocycles. The lowest BCUT2D eigenvalue weighted by atomic mass is 10.1. The predicted octanol–water partition coefficient (Wildman–Crippen LogP) is 3.94. The highest BCUT2D eigenvalue weighted by molar-refractivity contribution is 7.99. The maximum atomic E-state index is 12.6. The van der Waals surface area contributed by atoms with Gasteiger partial charge in [0.15, 0.2) is 11.4 Å². The molecule has 1 fully saturated rings. The molecule has 0 saturated carbocycles. The number of hydrogen-bond donors (Lipinski definition) is 0. The van der Waals surface area contributed by atoms with Gasteiger partial charge in [-0.3, -0.25) is 4.79 Å². The Balaban J connectivity index is 1.53. The SMILES string of the molecule is Cn1c(C(=O)c2ccc(Cl)cc2)cnc1SCCOC1CCCCO1. The van der Waals surface area contributed by atoms with Gasteiger partial charge in [0.25, 0.3) is 0 Å². The Morgan fingerprint density at radius 1 is 1.40 bits per heavy atom. The lowest BCUT2D eigenvalue weighted by Crippen LogP contribution is -2.23. The van der Waals surface area contributed by atoms with Gasteiger partial charge in [0.1, 0.15) is 5.69 Å². The summed E-state index contributed by atoms with van der Waals surface area (Å²) < 4.78 is 13.1. The Morgan fingerprint density at radius 3 is 2.92 bits per heavy atom. The largest absolute Gasteiger partial charge is 0.353 e. The topological polar surface area (TPSA) is 53.4 Å². The minimum absolute atomic E-state index is 0.0645. The van der Waals surface area contributed by atoms with Gasteiger partial charge in [-0.1, -0.05) is 23.4 Å². The molecule has 2 heterocycles. The zero-order valence-electron chi connectivity index (χ0n) is 14.1. The molecule has 5 nitrogen and oxygen atoms in total. The number of rotatable bonds is 7. The monoisotopic (exact) mass is 380 g/mol. The van der Waals surface area contributed by atoms with Crippen LogP contribution >= 0.6 is 23.4 Å². The number of hydrogen-bond acceptors (Lipinski definition) is 5. The van der Waals surface area contributed by atoms with E-state index in [0.717, 1.165) is 36.8 Å². The number of carbonyl (C=O) groups excluding carboxylic acids is 1. The molecule has 0 N–H and O–H groups in total. The summed E-state index contributed by atoms with van der Waals surface area (Å²) in [5.41, 5.74) is 1.16. The molecule has 2 aromatic rings. The van der Waals surface area contributed by atoms with Crippen molar-refractivity contribution < 1.29 is 14.3 Å². The number of ketones is 1. The summed E-state index contributed by atoms with van der Waals surface area (Å²) in [6.45, 7) is 1.38. The second-order valence-electron chi connectivity index (χ2n) is 5.84. The van der Waals surface area contributed by atoms with E-state index < -0.39 is 0 Å². The molecule has 1 atom stereocenters. The molecule has 1 aromatic heterocycles. The Kier molecular flexibility index (Phi) is 6.53. The fourth-order valence-corrected chi connectivity index (χ4v) is 3.55. The van der Waals surface area contributed by atoms with Gasteiger partial charge in [-0.15, -0.1) is 0 Å². The Bertz CT molecular complexity index is 712. The number of nitrogens with zero attached hydrogens (tertiary/aromatic N) is 2. The predicted molar refractivity (Wildman–Crippen MR) is 98.4 cm³/mol. The number of carbonyl (C=O) groups is 1. The molecule has 0 amide bonds. The van der Waals surface area contributed by atoms with Crippen molar-refractivity contribution in [2.45, 2.75) is 30.7 Å². The third-order valence-electron chi connectivity index (χ3n) is 4.04. The van der Waals surface area contributed by atoms with Gasteiger partial charge in [0, 0.05) is 30.0 Å². The summed E-state index contributed by atoms with van der Waals surface area (Å²) in [5, 5.41) is 1.41. The van der Waals surface area contributed by atoms with Crippen LogP contribution in [0.15, 0.2) is 35.6 Å². The normalized spacial score (nSPS) is 17.6. The van der Waals surface area contributed by atoms with E-state index >= 15 is 0 Å². The molecule has 0 bridgehead atoms. The van der Waals surface area contributed by atoms with Gasteiger partial charge in [0.2, 0.25) is 5.78 Å². The van der Waals surface area contributed by atoms with Crippen LogP contribution in [0.4, 0.5) is 0 Å². The van der Waals surface area contributed by atoms with E-state index in [1.165, 1.54) is 0 Å². The molecule has 0 spiro atoms. The maximum absolute atomic E-state index is 12.6. The van der Waals surface area contributed by atoms with Gasteiger partial charge in [-0.25, -0.2) is 4.98 Å². The van der Waals surface area contributed by atoms with Crippen molar-refractivity contribution in [3.05, 3.63) is 46.7 Å². The number of thioether (sulfide) groups is 1. The number of imidazole rings is 1. The Labute approximate surface area is 156 Å². The number of ether oxygens (including phenoxy) is 2. The van der Waals surface area contributed by atoms with Gasteiger partial charge >= 0.3 is 0 Å². The molecule has 1 unspecified atom stereocenters. The molecule has 0 radical (unpaired) electrons. The fourth-order valence-electron chi connectivity index (χ4n) is 2.64. The fraction of sp³-hybridized carbons (Fsp3) is 0.444. The van der Waals surface area contributed by atoms with Crippen LogP contribution in [-0.4, -0.2) is 40.6 Å². The highest BCUT2D eigenvalue weighted by Crippen LogP contribution is 2.21. The zero-order chi connectivity index (χ0) is 17.6. The molecule has 7 heteroatoms. The quantitative estimate of drug-likeness (QED) is 0.413. The first-order chi connectivity index (χ1) is 12.1. The molecule has 134 valence electrons. The van der Waals surface area contributed by atoms with Crippen molar-refractivity contribution in [3.8, 4) is 0 Å². The van der Waals surface area contributed by atoms with Gasteiger partial charge in [-0.05, 0) is 43.5 Å². The van der Waals surface area contributed by atoms with Crippen LogP contribution < -0.4 is 0 Å². The van der Waals surface area contributed by atoms with E-state index in [9.17, 15) is 4.79 Å². The summed E-state index contributed by atoms with van der Waals surface area (Å²) >= 11 is 7.44. The van der Waals surface area contributed by atoms with E-state index in [1.807, 2.05) is 11.6 Å². The summed E-state index contributed by atoms with van der Waals surface area (Å²) in [7, 11) is 1.85. The van der Waals surface area contributed by atoms with E-state index in [-0.39, 0.29) is 12.1 Å². The minimum atomic E-state index is -0.0715. The second-order valence-corrected chi connectivity index (χ2v) is 7.33. The molecular formula is C18H21ClN2O3S. The number of benzene rings is 1. The van der Waals surface area contributed by atoms with Crippen molar-refractivity contribution in [1.29, 1.82) is 0 Å². The molecule has 1 saturated heterocycles. The lowest BCUT2D eigenvalue weighted by Gasteiger charge is -2.22. The third-order valence-corrected chi connectivity index (χ3v) is 5.30. The molecule has 1 aromatic carbocycles. The van der Waals surface area contributed by atoms with Crippen LogP contribution in [0.25, 0.3) is 0 Å². The molecule has 25 heavy (non-hydrogen) atoms. The van der Waals surface area contributed by atoms with Crippen LogP contribution in [0.5, 0.6) is 0 Å². The van der Waals surface area contributed by atoms with Crippen LogP contribution in [0.2, 0.25) is 5.02 Å². The molecule has 1 aliphatic rings. The maximum Gasteiger partial charge on any atom is 0.211 e. The summed E-state index contributed by atoms with van der Waals surface area (Å²) in [6.07, 6.45) is 4.79. The first-order valence-electron chi connectivity index (χ1n) is 8.33. The Morgan fingerprint density at radius 2 is 2.20 bits per heavy atom. The first-order valence-corrected chi connectivity index (χ1v) is 9.69. The molecule has 0 aliphatic carbocycles. The lowest BCUT2D eigenvalue weighted by molar-refractivity contribution is -0.158. The highest BCUT2D eigenvalue weighted by Gasteiger charge is 2.17. The second kappa shape index (κ2) is 8.85. The average Bonchev–Trinajstić information content (AvgIpc) is 3.00. The standard InChI is InChI=1S/C18H21ClN2O3S/c1-21-15(17(22)13-5-7-14(19)8-6-13)12-20-18(21)25-11-10-24-16-4-2-3-9-23-16/h5-8,12,16H,2-4,9-11H2,1H3. The van der Waals surface area contributed by atoms with Crippen LogP contribution in [0.1, 0.15) is 35.3 Å². The van der Waals surface area contributed by atoms with Crippen LogP contribution in [0.3, 0.4) is 0 Å². The summed E-state index contributed by atoms with van der Waals surface area (Å²) in [5.74, 6) is 0.699. The highest BCUT2D eigenvalue weighted by atomic mass is 35.5. The molecular weight excluding hydrogens is 360 g/mol. The van der Waals surface area contributed by atoms with Gasteiger partial charge in [-0.2, -0.15) is 0 Å². The van der Waals surface area contributed by atoms with Crippen molar-refractivity contribution >= 4 is 29.1 Å². The van der Waals surface area contributed by atoms with Crippen molar-refractivity contribution in [2.24, 2.45) is 7.05 Å². The Hall–Kier alpha value is -1.34. The third kappa shape index (κ3) is 4.85. The van der Waals surface area contributed by atoms with Crippen LogP contribution in [0, 0.1) is 0 Å². The van der Waals surface area contributed by atoms with Crippen molar-refractivity contribution in [3.63, 3.8) is 0 Å². The van der Waals surface area contributed by atoms with Crippen molar-refractivity contribution in [2.75, 3.05) is 19.0 Å². The van der Waals surface area contributed by atoms with Crippen LogP contribution in [-0.2, 0) is 16.5 Å². The zero-order valence-corrected chi connectivity index (χ0v) is 15.7. The van der Waals surface area contributed by atoms with E-state index in [2.05, 4.69) is 4.98 Å². The van der Waals surface area contributed by atoms with Gasteiger partial charge < -0.3 is 14.0 Å². The number of aromatic nitrogens is 2. The van der Waals surface area contributed by atoms with E-state index in [0.29, 0.717) is 22.9 Å².